The number of amides is 2. The lowest BCUT2D eigenvalue weighted by Crippen LogP contribution is -2.48. The number of anilines is 1. The van der Waals surface area contributed by atoms with Crippen LogP contribution in [0.3, 0.4) is 0 Å². The maximum atomic E-state index is 13.5. The molecule has 29 heavy (non-hydrogen) atoms. The van der Waals surface area contributed by atoms with Gasteiger partial charge in [-0.25, -0.2) is 0 Å². The number of furan rings is 1. The molecule has 0 bridgehead atoms. The van der Waals surface area contributed by atoms with Crippen LogP contribution in [0.1, 0.15) is 25.0 Å². The maximum Gasteiger partial charge on any atom is 0.228 e. The molecule has 2 amide bonds. The number of carbonyl (C=O) groups excluding carboxylic acids is 2. The largest absolute Gasteiger partial charge is 0.467 e. The van der Waals surface area contributed by atoms with Gasteiger partial charge in [-0.2, -0.15) is 0 Å². The van der Waals surface area contributed by atoms with Crippen molar-refractivity contribution in [3.05, 3.63) is 53.4 Å². The molecule has 1 unspecified atom stereocenters. The zero-order valence-corrected chi connectivity index (χ0v) is 17.3. The summed E-state index contributed by atoms with van der Waals surface area (Å²) in [6, 6.07) is 11.1. The Morgan fingerprint density at radius 2 is 1.93 bits per heavy atom. The average molecular weight is 416 g/mol. The molecule has 2 saturated heterocycles. The van der Waals surface area contributed by atoms with E-state index >= 15 is 0 Å². The van der Waals surface area contributed by atoms with E-state index in [0.717, 1.165) is 37.4 Å². The van der Waals surface area contributed by atoms with Gasteiger partial charge in [-0.15, -0.1) is 0 Å². The van der Waals surface area contributed by atoms with Crippen molar-refractivity contribution in [1.82, 2.24) is 9.80 Å². The van der Waals surface area contributed by atoms with Gasteiger partial charge in [0.2, 0.25) is 11.8 Å². The minimum absolute atomic E-state index is 0.0213. The SMILES string of the molecule is CN1CCC(N(Cc2ccco2)C(=O)C2CC(=O)N(c3ccc(Cl)cc3)C2)CC1. The first-order valence-corrected chi connectivity index (χ1v) is 10.5. The Labute approximate surface area is 176 Å². The summed E-state index contributed by atoms with van der Waals surface area (Å²) in [4.78, 5) is 32.0. The Bertz CT molecular complexity index is 845. The summed E-state index contributed by atoms with van der Waals surface area (Å²) in [5.74, 6) is 0.455. The van der Waals surface area contributed by atoms with E-state index in [2.05, 4.69) is 11.9 Å². The van der Waals surface area contributed by atoms with E-state index in [1.807, 2.05) is 29.2 Å². The van der Waals surface area contributed by atoms with Gasteiger partial charge in [0.05, 0.1) is 18.7 Å². The lowest BCUT2D eigenvalue weighted by Gasteiger charge is -2.38. The second-order valence-corrected chi connectivity index (χ2v) is 8.40. The molecule has 6 nitrogen and oxygen atoms in total. The standard InChI is InChI=1S/C22H26ClN3O3/c1-24-10-8-19(9-11-24)26(15-20-3-2-12-29-20)22(28)16-13-21(27)25(14-16)18-6-4-17(23)5-7-18/h2-7,12,16,19H,8-11,13-15H2,1H3. The second kappa shape index (κ2) is 8.59. The highest BCUT2D eigenvalue weighted by molar-refractivity contribution is 6.30. The average Bonchev–Trinajstić information content (AvgIpc) is 3.37. The number of likely N-dealkylation sites (tertiary alicyclic amines) is 1. The van der Waals surface area contributed by atoms with Crippen LogP contribution in [0.25, 0.3) is 0 Å². The molecule has 0 aliphatic carbocycles. The summed E-state index contributed by atoms with van der Waals surface area (Å²) in [6.45, 7) is 2.78. The highest BCUT2D eigenvalue weighted by Gasteiger charge is 2.39. The van der Waals surface area contributed by atoms with E-state index in [1.165, 1.54) is 0 Å². The number of carbonyl (C=O) groups is 2. The molecular weight excluding hydrogens is 390 g/mol. The predicted molar refractivity (Wildman–Crippen MR) is 112 cm³/mol. The van der Waals surface area contributed by atoms with Gasteiger partial charge < -0.3 is 19.1 Å². The topological polar surface area (TPSA) is 57.0 Å². The third-order valence-electron chi connectivity index (χ3n) is 5.93. The fourth-order valence-corrected chi connectivity index (χ4v) is 4.37. The second-order valence-electron chi connectivity index (χ2n) is 7.96. The number of piperidine rings is 1. The van der Waals surface area contributed by atoms with Crippen molar-refractivity contribution in [2.75, 3.05) is 31.6 Å². The zero-order chi connectivity index (χ0) is 20.4. The van der Waals surface area contributed by atoms with Crippen LogP contribution in [0.15, 0.2) is 47.1 Å². The molecule has 0 spiro atoms. The summed E-state index contributed by atoms with van der Waals surface area (Å²) in [6.07, 6.45) is 3.74. The molecular formula is C22H26ClN3O3. The van der Waals surface area contributed by atoms with Crippen molar-refractivity contribution < 1.29 is 14.0 Å². The van der Waals surface area contributed by atoms with E-state index in [0.29, 0.717) is 18.1 Å². The molecule has 1 aromatic carbocycles. The van der Waals surface area contributed by atoms with Crippen LogP contribution in [0.2, 0.25) is 5.02 Å². The summed E-state index contributed by atoms with van der Waals surface area (Å²) in [5.41, 5.74) is 0.784. The zero-order valence-electron chi connectivity index (χ0n) is 16.6. The van der Waals surface area contributed by atoms with Gasteiger partial charge in [0.1, 0.15) is 5.76 Å². The summed E-state index contributed by atoms with van der Waals surface area (Å²) >= 11 is 5.96. The monoisotopic (exact) mass is 415 g/mol. The van der Waals surface area contributed by atoms with E-state index in [-0.39, 0.29) is 30.2 Å². The molecule has 2 aliphatic heterocycles. The van der Waals surface area contributed by atoms with Crippen LogP contribution < -0.4 is 4.90 Å². The first-order valence-electron chi connectivity index (χ1n) is 10.1. The van der Waals surface area contributed by atoms with Crippen molar-refractivity contribution in [3.8, 4) is 0 Å². The van der Waals surface area contributed by atoms with E-state index in [9.17, 15) is 9.59 Å². The Morgan fingerprint density at radius 3 is 2.59 bits per heavy atom. The van der Waals surface area contributed by atoms with Crippen molar-refractivity contribution >= 4 is 29.1 Å². The highest BCUT2D eigenvalue weighted by atomic mass is 35.5. The van der Waals surface area contributed by atoms with Gasteiger partial charge in [-0.3, -0.25) is 9.59 Å². The molecule has 0 saturated carbocycles. The third kappa shape index (κ3) is 4.49. The molecule has 0 N–H and O–H groups in total. The minimum Gasteiger partial charge on any atom is -0.467 e. The number of halogens is 1. The molecule has 0 radical (unpaired) electrons. The van der Waals surface area contributed by atoms with Gasteiger partial charge in [-0.1, -0.05) is 11.6 Å². The molecule has 1 atom stereocenters. The Morgan fingerprint density at radius 1 is 1.21 bits per heavy atom. The third-order valence-corrected chi connectivity index (χ3v) is 6.18. The van der Waals surface area contributed by atoms with Gasteiger partial charge in [-0.05, 0) is 69.4 Å². The van der Waals surface area contributed by atoms with Crippen LogP contribution >= 0.6 is 11.6 Å². The van der Waals surface area contributed by atoms with Crippen molar-refractivity contribution in [1.29, 1.82) is 0 Å². The first-order chi connectivity index (χ1) is 14.0. The summed E-state index contributed by atoms with van der Waals surface area (Å²) < 4.78 is 5.52. The van der Waals surface area contributed by atoms with Gasteiger partial charge in [0.15, 0.2) is 0 Å². The molecule has 4 rings (SSSR count). The van der Waals surface area contributed by atoms with Crippen LogP contribution in [-0.2, 0) is 16.1 Å². The van der Waals surface area contributed by atoms with Gasteiger partial charge >= 0.3 is 0 Å². The Balaban J connectivity index is 1.50. The highest BCUT2D eigenvalue weighted by Crippen LogP contribution is 2.29. The molecule has 3 heterocycles. The quantitative estimate of drug-likeness (QED) is 0.750. The maximum absolute atomic E-state index is 13.5. The first kappa shape index (κ1) is 20.0. The molecule has 2 aliphatic rings. The lowest BCUT2D eigenvalue weighted by molar-refractivity contribution is -0.140. The predicted octanol–water partition coefficient (Wildman–Crippen LogP) is 3.41. The van der Waals surface area contributed by atoms with Crippen molar-refractivity contribution in [2.45, 2.75) is 31.8 Å². The van der Waals surface area contributed by atoms with Crippen molar-refractivity contribution in [3.63, 3.8) is 0 Å². The molecule has 1 aromatic heterocycles. The lowest BCUT2D eigenvalue weighted by atomic mass is 9.99. The Kier molecular flexibility index (Phi) is 5.92. The molecule has 2 fully saturated rings. The number of nitrogens with zero attached hydrogens (tertiary/aromatic N) is 3. The fraction of sp³-hybridized carbons (Fsp3) is 0.455. The molecule has 7 heteroatoms. The number of benzene rings is 1. The van der Waals surface area contributed by atoms with E-state index < -0.39 is 0 Å². The number of hydrogen-bond acceptors (Lipinski definition) is 4. The normalized spacial score (nSPS) is 21.0. The summed E-state index contributed by atoms with van der Waals surface area (Å²) in [7, 11) is 2.11. The molecule has 154 valence electrons. The summed E-state index contributed by atoms with van der Waals surface area (Å²) in [5, 5.41) is 0.625. The van der Waals surface area contributed by atoms with Gasteiger partial charge in [0, 0.05) is 29.7 Å². The smallest absolute Gasteiger partial charge is 0.228 e. The van der Waals surface area contributed by atoms with Crippen LogP contribution in [0.4, 0.5) is 5.69 Å². The fourth-order valence-electron chi connectivity index (χ4n) is 4.24. The van der Waals surface area contributed by atoms with Crippen LogP contribution in [0, 0.1) is 5.92 Å². The molecule has 2 aromatic rings. The minimum atomic E-state index is -0.340. The van der Waals surface area contributed by atoms with Crippen molar-refractivity contribution in [2.24, 2.45) is 5.92 Å². The number of hydrogen-bond donors (Lipinski definition) is 0. The van der Waals surface area contributed by atoms with E-state index in [1.54, 1.807) is 23.3 Å². The van der Waals surface area contributed by atoms with E-state index in [4.69, 9.17) is 16.0 Å². The van der Waals surface area contributed by atoms with Crippen LogP contribution in [-0.4, -0.2) is 54.3 Å². The Hall–Kier alpha value is -2.31. The van der Waals surface area contributed by atoms with Crippen LogP contribution in [0.5, 0.6) is 0 Å². The van der Waals surface area contributed by atoms with Gasteiger partial charge in [0.25, 0.3) is 0 Å². The number of rotatable bonds is 5.